The van der Waals surface area contributed by atoms with Gasteiger partial charge in [0.1, 0.15) is 0 Å². The molecular formula is C26H32N2. The Balaban J connectivity index is 1.46. The highest BCUT2D eigenvalue weighted by molar-refractivity contribution is 5.85. The Morgan fingerprint density at radius 2 is 1.57 bits per heavy atom. The second-order valence-corrected chi connectivity index (χ2v) is 9.44. The number of hydrogen-bond acceptors (Lipinski definition) is 1. The molecule has 2 aromatic carbocycles. The number of rotatable bonds is 3. The summed E-state index contributed by atoms with van der Waals surface area (Å²) in [6, 6.07) is 20.0. The number of fused-ring (bicyclic) bond motifs is 4. The molecule has 5 rings (SSSR count). The predicted molar refractivity (Wildman–Crippen MR) is 118 cm³/mol. The fourth-order valence-electron chi connectivity index (χ4n) is 6.09. The monoisotopic (exact) mass is 372 g/mol. The summed E-state index contributed by atoms with van der Waals surface area (Å²) in [5, 5.41) is 1.46. The van der Waals surface area contributed by atoms with Crippen molar-refractivity contribution in [1.82, 2.24) is 9.88 Å². The summed E-state index contributed by atoms with van der Waals surface area (Å²) in [5.41, 5.74) is 6.65. The van der Waals surface area contributed by atoms with Crippen molar-refractivity contribution in [2.24, 2.45) is 0 Å². The number of aromatic amines is 1. The molecule has 0 aliphatic heterocycles. The number of likely N-dealkylation sites (N-methyl/N-ethyl adjacent to an activating group) is 1. The van der Waals surface area contributed by atoms with Crippen LogP contribution in [-0.2, 0) is 18.3 Å². The summed E-state index contributed by atoms with van der Waals surface area (Å²) in [6.45, 7) is 0. The number of nitrogens with zero attached hydrogens (tertiary/aromatic N) is 1. The van der Waals surface area contributed by atoms with E-state index in [1.54, 1.807) is 11.3 Å². The van der Waals surface area contributed by atoms with Crippen molar-refractivity contribution in [3.8, 4) is 0 Å². The minimum absolute atomic E-state index is 0.288. The average molecular weight is 373 g/mol. The van der Waals surface area contributed by atoms with Gasteiger partial charge in [-0.2, -0.15) is 0 Å². The molecule has 146 valence electrons. The van der Waals surface area contributed by atoms with Crippen molar-refractivity contribution in [1.29, 1.82) is 0 Å². The summed E-state index contributed by atoms with van der Waals surface area (Å²) in [7, 11) is 4.58. The standard InChI is InChI=1S/C26H32N2/c1-28(2)26(19-20-9-4-3-5-10-20)17-15-25(16-18-26)14-8-12-22-21-11-6-7-13-23(21)27-24(22)25/h3-7,9-11,13,27H,8,12,14-19H2,1-2H3. The molecule has 28 heavy (non-hydrogen) atoms. The average Bonchev–Trinajstić information content (AvgIpc) is 3.11. The van der Waals surface area contributed by atoms with Gasteiger partial charge >= 0.3 is 0 Å². The first-order valence-corrected chi connectivity index (χ1v) is 10.9. The number of aryl methyl sites for hydroxylation is 1. The Kier molecular flexibility index (Phi) is 4.35. The van der Waals surface area contributed by atoms with Crippen LogP contribution in [0.5, 0.6) is 0 Å². The van der Waals surface area contributed by atoms with E-state index in [9.17, 15) is 0 Å². The van der Waals surface area contributed by atoms with Gasteiger partial charge < -0.3 is 9.88 Å². The van der Waals surface area contributed by atoms with Gasteiger partial charge in [-0.05, 0) is 82.7 Å². The van der Waals surface area contributed by atoms with E-state index in [1.807, 2.05) is 0 Å². The zero-order chi connectivity index (χ0) is 19.2. The minimum atomic E-state index is 0.288. The fraction of sp³-hybridized carbons (Fsp3) is 0.462. The number of aromatic nitrogens is 1. The van der Waals surface area contributed by atoms with E-state index >= 15 is 0 Å². The molecule has 0 unspecified atom stereocenters. The molecule has 1 fully saturated rings. The van der Waals surface area contributed by atoms with Gasteiger partial charge in [0.2, 0.25) is 0 Å². The Hall–Kier alpha value is -2.06. The van der Waals surface area contributed by atoms with Crippen LogP contribution in [0, 0.1) is 0 Å². The maximum atomic E-state index is 3.87. The zero-order valence-electron chi connectivity index (χ0n) is 17.3. The van der Waals surface area contributed by atoms with Crippen LogP contribution in [0.15, 0.2) is 54.6 Å². The highest BCUT2D eigenvalue weighted by Crippen LogP contribution is 2.52. The zero-order valence-corrected chi connectivity index (χ0v) is 17.3. The van der Waals surface area contributed by atoms with Gasteiger partial charge in [0, 0.05) is 27.6 Å². The Morgan fingerprint density at radius 1 is 0.857 bits per heavy atom. The van der Waals surface area contributed by atoms with Gasteiger partial charge in [0.25, 0.3) is 0 Å². The largest absolute Gasteiger partial charge is 0.358 e. The van der Waals surface area contributed by atoms with E-state index in [4.69, 9.17) is 0 Å². The van der Waals surface area contributed by atoms with E-state index in [0.717, 1.165) is 6.42 Å². The number of para-hydroxylation sites is 1. The summed E-state index contributed by atoms with van der Waals surface area (Å²) in [4.78, 5) is 6.38. The van der Waals surface area contributed by atoms with Gasteiger partial charge in [-0.15, -0.1) is 0 Å². The van der Waals surface area contributed by atoms with E-state index in [0.29, 0.717) is 5.41 Å². The second-order valence-electron chi connectivity index (χ2n) is 9.44. The number of H-pyrrole nitrogens is 1. The van der Waals surface area contributed by atoms with Crippen LogP contribution in [0.1, 0.15) is 55.3 Å². The maximum absolute atomic E-state index is 3.87. The molecule has 1 heterocycles. The summed E-state index contributed by atoms with van der Waals surface area (Å²) in [6.07, 6.45) is 10.3. The molecule has 1 aromatic heterocycles. The van der Waals surface area contributed by atoms with E-state index in [-0.39, 0.29) is 5.54 Å². The van der Waals surface area contributed by atoms with Crippen LogP contribution >= 0.6 is 0 Å². The Morgan fingerprint density at radius 3 is 2.32 bits per heavy atom. The first kappa shape index (κ1) is 18.0. The van der Waals surface area contributed by atoms with Crippen LogP contribution in [0.3, 0.4) is 0 Å². The molecule has 1 N–H and O–H groups in total. The quantitative estimate of drug-likeness (QED) is 0.610. The van der Waals surface area contributed by atoms with Gasteiger partial charge in [0.15, 0.2) is 0 Å². The van der Waals surface area contributed by atoms with Gasteiger partial charge in [0.05, 0.1) is 0 Å². The van der Waals surface area contributed by atoms with Crippen LogP contribution < -0.4 is 0 Å². The maximum Gasteiger partial charge on any atom is 0.0459 e. The van der Waals surface area contributed by atoms with Crippen molar-refractivity contribution in [2.45, 2.75) is 62.3 Å². The number of benzene rings is 2. The molecule has 0 radical (unpaired) electrons. The first-order valence-electron chi connectivity index (χ1n) is 10.9. The lowest BCUT2D eigenvalue weighted by Crippen LogP contribution is -2.52. The van der Waals surface area contributed by atoms with Crippen molar-refractivity contribution in [3.05, 3.63) is 71.4 Å². The molecule has 2 aliphatic carbocycles. The van der Waals surface area contributed by atoms with E-state index < -0.39 is 0 Å². The molecule has 2 nitrogen and oxygen atoms in total. The molecule has 0 amide bonds. The summed E-state index contributed by atoms with van der Waals surface area (Å²) < 4.78 is 0. The smallest absolute Gasteiger partial charge is 0.0459 e. The van der Waals surface area contributed by atoms with Crippen LogP contribution in [0.2, 0.25) is 0 Å². The van der Waals surface area contributed by atoms with E-state index in [1.165, 1.54) is 61.4 Å². The first-order chi connectivity index (χ1) is 13.6. The van der Waals surface area contributed by atoms with Crippen LogP contribution in [-0.4, -0.2) is 29.5 Å². The molecule has 3 aromatic rings. The van der Waals surface area contributed by atoms with Crippen LogP contribution in [0.25, 0.3) is 10.9 Å². The third kappa shape index (κ3) is 2.81. The third-order valence-electron chi connectivity index (χ3n) is 7.89. The van der Waals surface area contributed by atoms with E-state index in [2.05, 4.69) is 78.6 Å². The molecule has 2 heteroatoms. The highest BCUT2D eigenvalue weighted by atomic mass is 15.1. The molecule has 0 saturated heterocycles. The Bertz CT molecular complexity index is 959. The Labute approximate surface area is 169 Å². The lowest BCUT2D eigenvalue weighted by Gasteiger charge is -2.51. The lowest BCUT2D eigenvalue weighted by atomic mass is 9.60. The molecular weight excluding hydrogens is 340 g/mol. The summed E-state index contributed by atoms with van der Waals surface area (Å²) >= 11 is 0. The third-order valence-corrected chi connectivity index (χ3v) is 7.89. The molecule has 1 saturated carbocycles. The lowest BCUT2D eigenvalue weighted by molar-refractivity contribution is 0.0603. The van der Waals surface area contributed by atoms with Gasteiger partial charge in [-0.25, -0.2) is 0 Å². The predicted octanol–water partition coefficient (Wildman–Crippen LogP) is 5.86. The van der Waals surface area contributed by atoms with Gasteiger partial charge in [-0.3, -0.25) is 0 Å². The SMILES string of the molecule is CN(C)C1(Cc2ccccc2)CCC2(CCCc3c2[nH]c2ccccc32)CC1. The van der Waals surface area contributed by atoms with Crippen molar-refractivity contribution >= 4 is 10.9 Å². The molecule has 0 atom stereocenters. The van der Waals surface area contributed by atoms with Gasteiger partial charge in [-0.1, -0.05) is 48.5 Å². The summed E-state index contributed by atoms with van der Waals surface area (Å²) in [5.74, 6) is 0. The van der Waals surface area contributed by atoms with Crippen molar-refractivity contribution in [2.75, 3.05) is 14.1 Å². The van der Waals surface area contributed by atoms with Crippen molar-refractivity contribution < 1.29 is 0 Å². The molecule has 2 aliphatic rings. The fourth-order valence-corrected chi connectivity index (χ4v) is 6.09. The number of hydrogen-bond donors (Lipinski definition) is 1. The number of nitrogens with one attached hydrogen (secondary N) is 1. The second kappa shape index (κ2) is 6.77. The highest BCUT2D eigenvalue weighted by Gasteiger charge is 2.47. The van der Waals surface area contributed by atoms with Crippen LogP contribution in [0.4, 0.5) is 0 Å². The molecule has 0 bridgehead atoms. The van der Waals surface area contributed by atoms with Crippen molar-refractivity contribution in [3.63, 3.8) is 0 Å². The topological polar surface area (TPSA) is 19.0 Å². The minimum Gasteiger partial charge on any atom is -0.358 e. The normalized spacial score (nSPS) is 27.4. The molecule has 1 spiro atoms.